The normalized spacial score (nSPS) is 19.2. The van der Waals surface area contributed by atoms with Crippen LogP contribution in [0.5, 0.6) is 0 Å². The minimum absolute atomic E-state index is 0.152. The third-order valence-electron chi connectivity index (χ3n) is 5.78. The molecule has 0 aromatic heterocycles. The third kappa shape index (κ3) is 5.34. The maximum absolute atomic E-state index is 12.8. The van der Waals surface area contributed by atoms with Crippen LogP contribution in [0.3, 0.4) is 0 Å². The molecule has 2 aliphatic heterocycles. The summed E-state index contributed by atoms with van der Waals surface area (Å²) in [6, 6.07) is 17.5. The number of nitrogens with one attached hydrogen (secondary N) is 1. The van der Waals surface area contributed by atoms with E-state index >= 15 is 0 Å². The van der Waals surface area contributed by atoms with Gasteiger partial charge in [-0.05, 0) is 37.0 Å². The van der Waals surface area contributed by atoms with Crippen molar-refractivity contribution in [3.8, 4) is 0 Å². The van der Waals surface area contributed by atoms with Crippen LogP contribution in [0.2, 0.25) is 0 Å². The van der Waals surface area contributed by atoms with Gasteiger partial charge in [0.2, 0.25) is 5.91 Å². The minimum Gasteiger partial charge on any atom is -0.336 e. The third-order valence-corrected chi connectivity index (χ3v) is 6.31. The molecule has 0 spiro atoms. The predicted molar refractivity (Wildman–Crippen MR) is 125 cm³/mol. The Morgan fingerprint density at radius 1 is 1.06 bits per heavy atom. The van der Waals surface area contributed by atoms with Gasteiger partial charge in [0.25, 0.3) is 0 Å². The SMILES string of the molecule is O=C(NCCc1ccccc1)N1CC(N2CCCCCC2=O)C(c2ccc(Br)cc2)=N1. The predicted octanol–water partition coefficient (Wildman–Crippen LogP) is 4.19. The molecule has 162 valence electrons. The lowest BCUT2D eigenvalue weighted by Crippen LogP contribution is -2.48. The van der Waals surface area contributed by atoms with E-state index < -0.39 is 0 Å². The van der Waals surface area contributed by atoms with Crippen LogP contribution in [0.15, 0.2) is 64.2 Å². The fourth-order valence-corrected chi connectivity index (χ4v) is 4.38. The van der Waals surface area contributed by atoms with E-state index in [0.717, 1.165) is 41.4 Å². The van der Waals surface area contributed by atoms with Crippen molar-refractivity contribution in [2.24, 2.45) is 5.10 Å². The van der Waals surface area contributed by atoms with Gasteiger partial charge < -0.3 is 10.2 Å². The van der Waals surface area contributed by atoms with Crippen LogP contribution in [-0.4, -0.2) is 53.2 Å². The first-order valence-electron chi connectivity index (χ1n) is 10.8. The lowest BCUT2D eigenvalue weighted by atomic mass is 10.0. The van der Waals surface area contributed by atoms with Crippen LogP contribution in [0.25, 0.3) is 0 Å². The van der Waals surface area contributed by atoms with Gasteiger partial charge in [-0.2, -0.15) is 5.10 Å². The zero-order valence-corrected chi connectivity index (χ0v) is 19.1. The summed E-state index contributed by atoms with van der Waals surface area (Å²) in [7, 11) is 0. The van der Waals surface area contributed by atoms with E-state index in [9.17, 15) is 9.59 Å². The van der Waals surface area contributed by atoms with E-state index in [4.69, 9.17) is 0 Å². The van der Waals surface area contributed by atoms with Crippen LogP contribution in [-0.2, 0) is 11.2 Å². The first-order chi connectivity index (χ1) is 15.1. The number of carbonyl (C=O) groups is 2. The molecule has 3 amide bonds. The maximum atomic E-state index is 12.8. The molecule has 6 nitrogen and oxygen atoms in total. The quantitative estimate of drug-likeness (QED) is 0.693. The number of halogens is 1. The van der Waals surface area contributed by atoms with Crippen molar-refractivity contribution in [1.29, 1.82) is 0 Å². The highest BCUT2D eigenvalue weighted by atomic mass is 79.9. The van der Waals surface area contributed by atoms with E-state index in [1.807, 2.05) is 59.5 Å². The second-order valence-corrected chi connectivity index (χ2v) is 8.87. The lowest BCUT2D eigenvalue weighted by Gasteiger charge is -2.28. The van der Waals surface area contributed by atoms with E-state index in [1.165, 1.54) is 10.6 Å². The highest BCUT2D eigenvalue weighted by Gasteiger charge is 2.37. The summed E-state index contributed by atoms with van der Waals surface area (Å²) in [6.07, 6.45) is 4.30. The summed E-state index contributed by atoms with van der Waals surface area (Å²) in [5.74, 6) is 0.152. The number of benzene rings is 2. The summed E-state index contributed by atoms with van der Waals surface area (Å²) in [5.41, 5.74) is 2.89. The van der Waals surface area contributed by atoms with Crippen LogP contribution < -0.4 is 5.32 Å². The molecular formula is C24H27BrN4O2. The van der Waals surface area contributed by atoms with E-state index in [2.05, 4.69) is 26.3 Å². The molecule has 1 N–H and O–H groups in total. The van der Waals surface area contributed by atoms with Crippen molar-refractivity contribution >= 4 is 33.6 Å². The van der Waals surface area contributed by atoms with Gasteiger partial charge in [-0.25, -0.2) is 9.80 Å². The van der Waals surface area contributed by atoms with E-state index in [0.29, 0.717) is 26.1 Å². The Morgan fingerprint density at radius 3 is 2.61 bits per heavy atom. The standard InChI is InChI=1S/C24H27BrN4O2/c25-20-12-10-19(11-13-20)23-21(28-16-6-2-5-9-22(28)30)17-29(27-23)24(31)26-15-14-18-7-3-1-4-8-18/h1,3-4,7-8,10-13,21H,2,5-6,9,14-17H2,(H,26,31). The molecule has 7 heteroatoms. The molecule has 2 aromatic rings. The highest BCUT2D eigenvalue weighted by molar-refractivity contribution is 9.10. The fraction of sp³-hybridized carbons (Fsp3) is 0.375. The van der Waals surface area contributed by atoms with E-state index in [1.54, 1.807) is 0 Å². The zero-order chi connectivity index (χ0) is 21.6. The van der Waals surface area contributed by atoms with Crippen molar-refractivity contribution in [1.82, 2.24) is 15.2 Å². The van der Waals surface area contributed by atoms with Crippen molar-refractivity contribution in [2.75, 3.05) is 19.6 Å². The molecule has 1 atom stereocenters. The molecule has 0 aliphatic carbocycles. The number of urea groups is 1. The Morgan fingerprint density at radius 2 is 1.84 bits per heavy atom. The largest absolute Gasteiger partial charge is 0.337 e. The van der Waals surface area contributed by atoms with Gasteiger partial charge in [-0.15, -0.1) is 0 Å². The number of rotatable bonds is 5. The van der Waals surface area contributed by atoms with Crippen molar-refractivity contribution in [3.05, 3.63) is 70.2 Å². The number of hydrogen-bond acceptors (Lipinski definition) is 3. The molecule has 0 radical (unpaired) electrons. The molecule has 31 heavy (non-hydrogen) atoms. The van der Waals surface area contributed by atoms with Crippen molar-refractivity contribution < 1.29 is 9.59 Å². The summed E-state index contributed by atoms with van der Waals surface area (Å²) in [6.45, 7) is 1.63. The molecule has 1 unspecified atom stereocenters. The summed E-state index contributed by atoms with van der Waals surface area (Å²) in [5, 5.41) is 9.11. The molecular weight excluding hydrogens is 456 g/mol. The molecule has 2 aromatic carbocycles. The fourth-order valence-electron chi connectivity index (χ4n) is 4.12. The zero-order valence-electron chi connectivity index (χ0n) is 17.5. The number of nitrogens with zero attached hydrogens (tertiary/aromatic N) is 3. The van der Waals surface area contributed by atoms with Gasteiger partial charge in [0.05, 0.1) is 18.3 Å². The number of hydrogen-bond donors (Lipinski definition) is 1. The van der Waals surface area contributed by atoms with Crippen LogP contribution >= 0.6 is 15.9 Å². The summed E-state index contributed by atoms with van der Waals surface area (Å²) in [4.78, 5) is 27.5. The van der Waals surface area contributed by atoms with Crippen molar-refractivity contribution in [3.63, 3.8) is 0 Å². The average Bonchev–Trinajstić information content (AvgIpc) is 3.11. The first kappa shape index (κ1) is 21.6. The van der Waals surface area contributed by atoms with Crippen LogP contribution in [0.1, 0.15) is 36.8 Å². The second-order valence-electron chi connectivity index (χ2n) is 7.96. The van der Waals surface area contributed by atoms with Gasteiger partial charge in [0, 0.05) is 29.5 Å². The Kier molecular flexibility index (Phi) is 7.02. The monoisotopic (exact) mass is 482 g/mol. The molecule has 0 saturated carbocycles. The number of carbonyl (C=O) groups excluding carboxylic acids is 2. The molecule has 4 rings (SSSR count). The number of likely N-dealkylation sites (tertiary alicyclic amines) is 1. The Labute approximate surface area is 191 Å². The number of hydrazone groups is 1. The Hall–Kier alpha value is -2.67. The average molecular weight is 483 g/mol. The molecule has 1 fully saturated rings. The van der Waals surface area contributed by atoms with Gasteiger partial charge in [0.1, 0.15) is 0 Å². The molecule has 1 saturated heterocycles. The maximum Gasteiger partial charge on any atom is 0.337 e. The summed E-state index contributed by atoms with van der Waals surface area (Å²) < 4.78 is 0.979. The van der Waals surface area contributed by atoms with Crippen molar-refractivity contribution in [2.45, 2.75) is 38.1 Å². The summed E-state index contributed by atoms with van der Waals surface area (Å²) >= 11 is 3.47. The minimum atomic E-state index is -0.227. The van der Waals surface area contributed by atoms with Gasteiger partial charge in [-0.3, -0.25) is 4.79 Å². The van der Waals surface area contributed by atoms with E-state index in [-0.39, 0.29) is 18.0 Å². The topological polar surface area (TPSA) is 65.0 Å². The van der Waals surface area contributed by atoms with Crippen LogP contribution in [0.4, 0.5) is 4.79 Å². The molecule has 0 bridgehead atoms. The number of amides is 3. The van der Waals surface area contributed by atoms with Gasteiger partial charge in [0.15, 0.2) is 0 Å². The lowest BCUT2D eigenvalue weighted by molar-refractivity contribution is -0.131. The highest BCUT2D eigenvalue weighted by Crippen LogP contribution is 2.24. The second kappa shape index (κ2) is 10.1. The van der Waals surface area contributed by atoms with Gasteiger partial charge >= 0.3 is 6.03 Å². The Balaban J connectivity index is 1.49. The van der Waals surface area contributed by atoms with Gasteiger partial charge in [-0.1, -0.05) is 64.8 Å². The molecule has 2 heterocycles. The molecule has 2 aliphatic rings. The first-order valence-corrected chi connectivity index (χ1v) is 11.6. The smallest absolute Gasteiger partial charge is 0.336 e. The van der Waals surface area contributed by atoms with Crippen LogP contribution in [0, 0.1) is 0 Å². The Bertz CT molecular complexity index is 946.